The average molecular weight is 373 g/mol. The minimum absolute atomic E-state index is 0.0268. The fourth-order valence-corrected chi connectivity index (χ4v) is 3.30. The van der Waals surface area contributed by atoms with Crippen LogP contribution in [0.25, 0.3) is 0 Å². The first-order chi connectivity index (χ1) is 12.5. The summed E-state index contributed by atoms with van der Waals surface area (Å²) in [6.45, 7) is 0.298. The van der Waals surface area contributed by atoms with Gasteiger partial charge in [-0.2, -0.15) is 5.26 Å². The monoisotopic (exact) mass is 373 g/mol. The van der Waals surface area contributed by atoms with Crippen LogP contribution >= 0.6 is 0 Å². The van der Waals surface area contributed by atoms with E-state index in [1.807, 2.05) is 6.07 Å². The number of nitrogens with zero attached hydrogens (tertiary/aromatic N) is 1. The van der Waals surface area contributed by atoms with E-state index in [0.29, 0.717) is 36.0 Å². The number of rotatable bonds is 5. The van der Waals surface area contributed by atoms with E-state index in [1.54, 1.807) is 18.2 Å². The highest BCUT2D eigenvalue weighted by atomic mass is 32.2. The number of benzene rings is 2. The zero-order valence-electron chi connectivity index (χ0n) is 13.6. The van der Waals surface area contributed by atoms with Crippen molar-refractivity contribution in [3.05, 3.63) is 48.0 Å². The van der Waals surface area contributed by atoms with Crippen molar-refractivity contribution in [3.63, 3.8) is 0 Å². The summed E-state index contributed by atoms with van der Waals surface area (Å²) in [6.07, 6.45) is 0. The van der Waals surface area contributed by atoms with Crippen molar-refractivity contribution in [2.75, 3.05) is 25.1 Å². The van der Waals surface area contributed by atoms with Gasteiger partial charge in [0.05, 0.1) is 23.1 Å². The smallest absolute Gasteiger partial charge is 0.241 e. The maximum absolute atomic E-state index is 12.3. The van der Waals surface area contributed by atoms with Crippen LogP contribution in [0.5, 0.6) is 11.5 Å². The molecule has 2 aromatic rings. The van der Waals surface area contributed by atoms with Gasteiger partial charge in [0.25, 0.3) is 0 Å². The Labute approximate surface area is 150 Å². The largest absolute Gasteiger partial charge is 0.486 e. The quantitative estimate of drug-likeness (QED) is 0.814. The first kappa shape index (κ1) is 17.7. The molecule has 0 bridgehead atoms. The maximum atomic E-state index is 12.3. The standard InChI is InChI=1S/C17H15N3O5S/c18-10-12-2-1-3-13(8-12)20-17(21)11-19-26(22,23)14-4-5-15-16(9-14)25-7-6-24-15/h1-5,8-9,19H,6-7,11H2,(H,20,21). The molecule has 8 nitrogen and oxygen atoms in total. The van der Waals surface area contributed by atoms with Crippen LogP contribution in [0.15, 0.2) is 47.4 Å². The first-order valence-electron chi connectivity index (χ1n) is 7.67. The number of carbonyl (C=O) groups excluding carboxylic acids is 1. The second-order valence-corrected chi connectivity index (χ2v) is 7.14. The van der Waals surface area contributed by atoms with E-state index in [1.165, 1.54) is 24.3 Å². The van der Waals surface area contributed by atoms with Crippen LogP contribution in [0, 0.1) is 11.3 Å². The minimum atomic E-state index is -3.89. The third-order valence-electron chi connectivity index (χ3n) is 3.52. The molecular formula is C17H15N3O5S. The summed E-state index contributed by atoms with van der Waals surface area (Å²) in [5.41, 5.74) is 0.798. The number of hydrogen-bond acceptors (Lipinski definition) is 6. The molecule has 0 saturated heterocycles. The molecule has 0 fully saturated rings. The third-order valence-corrected chi connectivity index (χ3v) is 4.92. The second-order valence-electron chi connectivity index (χ2n) is 5.37. The van der Waals surface area contributed by atoms with Gasteiger partial charge in [0.2, 0.25) is 15.9 Å². The molecule has 1 aliphatic rings. The molecule has 134 valence electrons. The molecule has 9 heteroatoms. The fraction of sp³-hybridized carbons (Fsp3) is 0.176. The number of ether oxygens (including phenoxy) is 2. The Balaban J connectivity index is 1.64. The van der Waals surface area contributed by atoms with Crippen LogP contribution in [-0.4, -0.2) is 34.1 Å². The van der Waals surface area contributed by atoms with Gasteiger partial charge in [-0.1, -0.05) is 6.07 Å². The summed E-state index contributed by atoms with van der Waals surface area (Å²) < 4.78 is 37.6. The van der Waals surface area contributed by atoms with Gasteiger partial charge in [-0.25, -0.2) is 13.1 Å². The topological polar surface area (TPSA) is 118 Å². The Morgan fingerprint density at radius 1 is 1.12 bits per heavy atom. The van der Waals surface area contributed by atoms with Crippen molar-refractivity contribution in [2.45, 2.75) is 4.90 Å². The maximum Gasteiger partial charge on any atom is 0.241 e. The van der Waals surface area contributed by atoms with Gasteiger partial charge in [0.1, 0.15) is 13.2 Å². The normalized spacial score (nSPS) is 12.9. The number of hydrogen-bond donors (Lipinski definition) is 2. The number of amides is 1. The summed E-state index contributed by atoms with van der Waals surface area (Å²) in [6, 6.07) is 12.5. The van der Waals surface area contributed by atoms with E-state index in [0.717, 1.165) is 0 Å². The van der Waals surface area contributed by atoms with Gasteiger partial charge < -0.3 is 14.8 Å². The van der Waals surface area contributed by atoms with Crippen molar-refractivity contribution >= 4 is 21.6 Å². The van der Waals surface area contributed by atoms with Crippen LogP contribution in [-0.2, 0) is 14.8 Å². The van der Waals surface area contributed by atoms with Crippen molar-refractivity contribution in [3.8, 4) is 17.6 Å². The van der Waals surface area contributed by atoms with Gasteiger partial charge >= 0.3 is 0 Å². The van der Waals surface area contributed by atoms with Crippen molar-refractivity contribution in [1.29, 1.82) is 5.26 Å². The first-order valence-corrected chi connectivity index (χ1v) is 9.15. The van der Waals surface area contributed by atoms with E-state index >= 15 is 0 Å². The highest BCUT2D eigenvalue weighted by molar-refractivity contribution is 7.89. The zero-order chi connectivity index (χ0) is 18.6. The number of anilines is 1. The molecule has 0 aliphatic carbocycles. The Bertz CT molecular complexity index is 982. The van der Waals surface area contributed by atoms with Crippen molar-refractivity contribution < 1.29 is 22.7 Å². The van der Waals surface area contributed by atoms with E-state index in [4.69, 9.17) is 14.7 Å². The van der Waals surface area contributed by atoms with Crippen LogP contribution in [0.1, 0.15) is 5.56 Å². The average Bonchev–Trinajstić information content (AvgIpc) is 2.66. The molecule has 0 spiro atoms. The van der Waals surface area contributed by atoms with Crippen molar-refractivity contribution in [1.82, 2.24) is 4.72 Å². The summed E-state index contributed by atoms with van der Waals surface area (Å²) in [4.78, 5) is 11.9. The van der Waals surface area contributed by atoms with E-state index < -0.39 is 22.5 Å². The van der Waals surface area contributed by atoms with Crippen LogP contribution in [0.4, 0.5) is 5.69 Å². The van der Waals surface area contributed by atoms with Crippen LogP contribution in [0.2, 0.25) is 0 Å². The number of fused-ring (bicyclic) bond motifs is 1. The number of nitriles is 1. The fourth-order valence-electron chi connectivity index (χ4n) is 2.31. The van der Waals surface area contributed by atoms with Crippen LogP contribution in [0.3, 0.4) is 0 Å². The van der Waals surface area contributed by atoms with Gasteiger partial charge in [-0.3, -0.25) is 4.79 Å². The molecule has 26 heavy (non-hydrogen) atoms. The number of carbonyl (C=O) groups is 1. The molecule has 1 heterocycles. The molecule has 1 aliphatic heterocycles. The van der Waals surface area contributed by atoms with Crippen molar-refractivity contribution in [2.24, 2.45) is 0 Å². The highest BCUT2D eigenvalue weighted by Crippen LogP contribution is 2.32. The number of nitrogens with one attached hydrogen (secondary N) is 2. The van der Waals surface area contributed by atoms with E-state index in [9.17, 15) is 13.2 Å². The lowest BCUT2D eigenvalue weighted by molar-refractivity contribution is -0.115. The molecule has 1 amide bonds. The predicted octanol–water partition coefficient (Wildman–Crippen LogP) is 1.25. The lowest BCUT2D eigenvalue weighted by atomic mass is 10.2. The summed E-state index contributed by atoms with van der Waals surface area (Å²) >= 11 is 0. The molecule has 2 aromatic carbocycles. The summed E-state index contributed by atoms with van der Waals surface area (Å²) in [5.74, 6) is 0.267. The number of sulfonamides is 1. The third kappa shape index (κ3) is 4.11. The molecule has 2 N–H and O–H groups in total. The molecule has 0 atom stereocenters. The van der Waals surface area contributed by atoms with Gasteiger partial charge in [-0.15, -0.1) is 0 Å². The SMILES string of the molecule is N#Cc1cccc(NC(=O)CNS(=O)(=O)c2ccc3c(c2)OCCO3)c1. The Kier molecular flexibility index (Phi) is 5.06. The van der Waals surface area contributed by atoms with E-state index in [-0.39, 0.29) is 4.90 Å². The molecule has 0 radical (unpaired) electrons. The summed E-state index contributed by atoms with van der Waals surface area (Å²) in [7, 11) is -3.89. The molecule has 0 saturated carbocycles. The lowest BCUT2D eigenvalue weighted by Crippen LogP contribution is -2.33. The molecule has 0 aromatic heterocycles. The predicted molar refractivity (Wildman–Crippen MR) is 92.4 cm³/mol. The molecule has 0 unspecified atom stereocenters. The Hall–Kier alpha value is -3.09. The van der Waals surface area contributed by atoms with Crippen LogP contribution < -0.4 is 19.5 Å². The molecule has 3 rings (SSSR count). The Morgan fingerprint density at radius 2 is 1.88 bits per heavy atom. The molecular weight excluding hydrogens is 358 g/mol. The summed E-state index contributed by atoms with van der Waals surface area (Å²) in [5, 5.41) is 11.4. The van der Waals surface area contributed by atoms with Gasteiger partial charge in [0, 0.05) is 11.8 Å². The zero-order valence-corrected chi connectivity index (χ0v) is 14.4. The second kappa shape index (κ2) is 7.43. The highest BCUT2D eigenvalue weighted by Gasteiger charge is 2.20. The lowest BCUT2D eigenvalue weighted by Gasteiger charge is -2.18. The van der Waals surface area contributed by atoms with E-state index in [2.05, 4.69) is 10.0 Å². The van der Waals surface area contributed by atoms with Gasteiger partial charge in [-0.05, 0) is 30.3 Å². The van der Waals surface area contributed by atoms with Gasteiger partial charge in [0.15, 0.2) is 11.5 Å². The minimum Gasteiger partial charge on any atom is -0.486 e. The Morgan fingerprint density at radius 3 is 2.65 bits per heavy atom.